The standard InChI is InChI=1S/C20H27N3O2S/c1-12-7-8-15-16(9-12)26-19-18(15)20(25)22(11-21-19)10-17(24)23-13(2)5-4-6-14(23)3/h11-14H,4-10H2,1-3H3/t12-,13-,14-/m0/s1. The van der Waals surface area contributed by atoms with Crippen LogP contribution in [0.5, 0.6) is 0 Å². The van der Waals surface area contributed by atoms with Gasteiger partial charge in [0, 0.05) is 17.0 Å². The number of hydrogen-bond donors (Lipinski definition) is 0. The van der Waals surface area contributed by atoms with Crippen LogP contribution in [0, 0.1) is 5.92 Å². The van der Waals surface area contributed by atoms with E-state index in [9.17, 15) is 9.59 Å². The zero-order chi connectivity index (χ0) is 18.4. The van der Waals surface area contributed by atoms with Gasteiger partial charge in [0.1, 0.15) is 11.4 Å². The van der Waals surface area contributed by atoms with E-state index in [0.29, 0.717) is 5.92 Å². The molecule has 140 valence electrons. The molecule has 2 aromatic rings. The quantitative estimate of drug-likeness (QED) is 0.811. The van der Waals surface area contributed by atoms with Crippen molar-refractivity contribution in [1.29, 1.82) is 0 Å². The molecule has 1 amide bonds. The van der Waals surface area contributed by atoms with Crippen molar-refractivity contribution in [3.8, 4) is 0 Å². The number of aryl methyl sites for hydroxylation is 1. The van der Waals surface area contributed by atoms with E-state index in [1.165, 1.54) is 21.4 Å². The molecule has 0 saturated carbocycles. The van der Waals surface area contributed by atoms with Crippen LogP contribution in [-0.2, 0) is 24.2 Å². The summed E-state index contributed by atoms with van der Waals surface area (Å²) in [6, 6.07) is 0.489. The fraction of sp³-hybridized carbons (Fsp3) is 0.650. The van der Waals surface area contributed by atoms with Gasteiger partial charge in [0.2, 0.25) is 5.91 Å². The molecular formula is C20H27N3O2S. The van der Waals surface area contributed by atoms with Crippen LogP contribution in [0.4, 0.5) is 0 Å². The van der Waals surface area contributed by atoms with Crippen molar-refractivity contribution < 1.29 is 4.79 Å². The second-order valence-electron chi connectivity index (χ2n) is 8.14. The van der Waals surface area contributed by atoms with E-state index in [1.807, 2.05) is 4.90 Å². The highest BCUT2D eigenvalue weighted by molar-refractivity contribution is 7.18. The second-order valence-corrected chi connectivity index (χ2v) is 9.22. The number of nitrogens with zero attached hydrogens (tertiary/aromatic N) is 3. The number of carbonyl (C=O) groups is 1. The van der Waals surface area contributed by atoms with Crippen LogP contribution >= 0.6 is 11.3 Å². The lowest BCUT2D eigenvalue weighted by atomic mass is 9.89. The lowest BCUT2D eigenvalue weighted by Gasteiger charge is -2.39. The van der Waals surface area contributed by atoms with Crippen LogP contribution in [-0.4, -0.2) is 32.4 Å². The Balaban J connectivity index is 1.66. The van der Waals surface area contributed by atoms with E-state index in [0.717, 1.165) is 42.3 Å². The number of amides is 1. The average Bonchev–Trinajstić information content (AvgIpc) is 2.95. The van der Waals surface area contributed by atoms with Crippen molar-refractivity contribution in [2.24, 2.45) is 5.92 Å². The molecule has 1 aliphatic heterocycles. The minimum Gasteiger partial charge on any atom is -0.336 e. The van der Waals surface area contributed by atoms with Gasteiger partial charge in [-0.1, -0.05) is 6.92 Å². The smallest absolute Gasteiger partial charge is 0.262 e. The summed E-state index contributed by atoms with van der Waals surface area (Å²) in [4.78, 5) is 34.6. The highest BCUT2D eigenvalue weighted by Crippen LogP contribution is 2.35. The molecule has 3 heterocycles. The van der Waals surface area contributed by atoms with Crippen molar-refractivity contribution >= 4 is 27.5 Å². The molecule has 0 aromatic carbocycles. The summed E-state index contributed by atoms with van der Waals surface area (Å²) < 4.78 is 1.52. The summed E-state index contributed by atoms with van der Waals surface area (Å²) in [5.41, 5.74) is 1.13. The molecule has 0 N–H and O–H groups in total. The molecule has 2 aliphatic rings. The number of hydrogen-bond acceptors (Lipinski definition) is 4. The third kappa shape index (κ3) is 2.98. The first kappa shape index (κ1) is 17.7. The summed E-state index contributed by atoms with van der Waals surface area (Å²) in [6.07, 6.45) is 7.92. The fourth-order valence-corrected chi connectivity index (χ4v) is 5.96. The number of likely N-dealkylation sites (tertiary alicyclic amines) is 1. The summed E-state index contributed by atoms with van der Waals surface area (Å²) in [5, 5.41) is 0.756. The van der Waals surface area contributed by atoms with Gasteiger partial charge in [-0.05, 0) is 63.9 Å². The minimum absolute atomic E-state index is 0.0330. The average molecular weight is 374 g/mol. The Labute approximate surface area is 158 Å². The number of fused-ring (bicyclic) bond motifs is 3. The first-order valence-electron chi connectivity index (χ1n) is 9.76. The second kappa shape index (κ2) is 6.80. The third-order valence-electron chi connectivity index (χ3n) is 6.07. The molecule has 3 atom stereocenters. The van der Waals surface area contributed by atoms with Crippen molar-refractivity contribution in [2.45, 2.75) is 77.9 Å². The Morgan fingerprint density at radius 2 is 1.96 bits per heavy atom. The van der Waals surface area contributed by atoms with Crippen molar-refractivity contribution in [1.82, 2.24) is 14.5 Å². The summed E-state index contributed by atoms with van der Waals surface area (Å²) in [5.74, 6) is 0.701. The summed E-state index contributed by atoms with van der Waals surface area (Å²) in [6.45, 7) is 6.57. The SMILES string of the molecule is C[C@H]1CCc2c(sc3ncn(CC(=O)N4[C@@H](C)CCC[C@@H]4C)c(=O)c23)C1. The van der Waals surface area contributed by atoms with Crippen LogP contribution in [0.3, 0.4) is 0 Å². The lowest BCUT2D eigenvalue weighted by Crippen LogP contribution is -2.49. The Kier molecular flexibility index (Phi) is 4.63. The number of aromatic nitrogens is 2. The van der Waals surface area contributed by atoms with Crippen LogP contribution in [0.1, 0.15) is 56.9 Å². The number of piperidine rings is 1. The van der Waals surface area contributed by atoms with E-state index < -0.39 is 0 Å². The van der Waals surface area contributed by atoms with Gasteiger partial charge in [-0.3, -0.25) is 14.2 Å². The number of rotatable bonds is 2. The number of thiophene rings is 1. The van der Waals surface area contributed by atoms with E-state index in [2.05, 4.69) is 25.8 Å². The molecule has 1 saturated heterocycles. The van der Waals surface area contributed by atoms with Gasteiger partial charge in [-0.2, -0.15) is 0 Å². The number of carbonyl (C=O) groups excluding carboxylic acids is 1. The topological polar surface area (TPSA) is 55.2 Å². The monoisotopic (exact) mass is 373 g/mol. The highest BCUT2D eigenvalue weighted by atomic mass is 32.1. The minimum atomic E-state index is -0.0484. The van der Waals surface area contributed by atoms with Crippen LogP contribution in [0.25, 0.3) is 10.2 Å². The summed E-state index contributed by atoms with van der Waals surface area (Å²) in [7, 11) is 0. The van der Waals surface area contributed by atoms with Gasteiger partial charge in [0.25, 0.3) is 5.56 Å². The summed E-state index contributed by atoms with van der Waals surface area (Å²) >= 11 is 1.65. The Morgan fingerprint density at radius 1 is 1.23 bits per heavy atom. The molecule has 0 unspecified atom stereocenters. The normalized spacial score (nSPS) is 26.1. The molecule has 1 fully saturated rings. The molecular weight excluding hydrogens is 346 g/mol. The maximum Gasteiger partial charge on any atom is 0.262 e. The third-order valence-corrected chi connectivity index (χ3v) is 7.23. The molecule has 6 heteroatoms. The van der Waals surface area contributed by atoms with E-state index in [4.69, 9.17) is 0 Å². The fourth-order valence-electron chi connectivity index (χ4n) is 4.62. The van der Waals surface area contributed by atoms with E-state index in [-0.39, 0.29) is 30.1 Å². The van der Waals surface area contributed by atoms with Crippen molar-refractivity contribution in [2.75, 3.05) is 0 Å². The van der Waals surface area contributed by atoms with Gasteiger partial charge in [0.15, 0.2) is 0 Å². The zero-order valence-corrected chi connectivity index (χ0v) is 16.6. The van der Waals surface area contributed by atoms with Crippen LogP contribution in [0.15, 0.2) is 11.1 Å². The van der Waals surface area contributed by atoms with Crippen LogP contribution < -0.4 is 5.56 Å². The molecule has 0 radical (unpaired) electrons. The zero-order valence-electron chi connectivity index (χ0n) is 15.8. The molecule has 4 rings (SSSR count). The van der Waals surface area contributed by atoms with Gasteiger partial charge >= 0.3 is 0 Å². The van der Waals surface area contributed by atoms with Crippen molar-refractivity contribution in [3.05, 3.63) is 27.1 Å². The van der Waals surface area contributed by atoms with Gasteiger partial charge in [0.05, 0.1) is 11.7 Å². The first-order valence-corrected chi connectivity index (χ1v) is 10.6. The molecule has 0 spiro atoms. The van der Waals surface area contributed by atoms with Gasteiger partial charge in [-0.25, -0.2) is 4.98 Å². The molecule has 5 nitrogen and oxygen atoms in total. The Hall–Kier alpha value is -1.69. The van der Waals surface area contributed by atoms with Gasteiger partial charge in [-0.15, -0.1) is 11.3 Å². The predicted octanol–water partition coefficient (Wildman–Crippen LogP) is 3.37. The van der Waals surface area contributed by atoms with E-state index in [1.54, 1.807) is 17.7 Å². The first-order chi connectivity index (χ1) is 12.5. The Morgan fingerprint density at radius 3 is 2.69 bits per heavy atom. The van der Waals surface area contributed by atoms with E-state index >= 15 is 0 Å². The lowest BCUT2D eigenvalue weighted by molar-refractivity contribution is -0.138. The van der Waals surface area contributed by atoms with Crippen LogP contribution in [0.2, 0.25) is 0 Å². The van der Waals surface area contributed by atoms with Crippen molar-refractivity contribution in [3.63, 3.8) is 0 Å². The maximum absolute atomic E-state index is 13.1. The molecule has 26 heavy (non-hydrogen) atoms. The molecule has 0 bridgehead atoms. The maximum atomic E-state index is 13.1. The van der Waals surface area contributed by atoms with Gasteiger partial charge < -0.3 is 4.90 Å². The molecule has 2 aromatic heterocycles. The Bertz CT molecular complexity index is 890. The largest absolute Gasteiger partial charge is 0.336 e. The highest BCUT2D eigenvalue weighted by Gasteiger charge is 2.29. The molecule has 1 aliphatic carbocycles. The predicted molar refractivity (Wildman–Crippen MR) is 105 cm³/mol.